The van der Waals surface area contributed by atoms with Crippen molar-refractivity contribution in [3.63, 3.8) is 0 Å². The standard InChI is InChI=1S/C18H36O5S/c1-2-3-4-5-6-7-8-9-10-11-12-13-14-15-16-17-18(19)23-24(20,21)22/h2-17H2,1H3,(H,20,21,22). The summed E-state index contributed by atoms with van der Waals surface area (Å²) >= 11 is 0. The van der Waals surface area contributed by atoms with Gasteiger partial charge in [-0.15, -0.1) is 0 Å². The van der Waals surface area contributed by atoms with Crippen LogP contribution in [-0.2, 0) is 19.4 Å². The molecule has 1 N–H and O–H groups in total. The second-order valence-electron chi connectivity index (χ2n) is 6.58. The molecule has 0 bridgehead atoms. The predicted molar refractivity (Wildman–Crippen MR) is 97.2 cm³/mol. The fraction of sp³-hybridized carbons (Fsp3) is 0.944. The summed E-state index contributed by atoms with van der Waals surface area (Å²) in [5.41, 5.74) is 0. The summed E-state index contributed by atoms with van der Waals surface area (Å²) in [6.45, 7) is 2.25. The van der Waals surface area contributed by atoms with Crippen molar-refractivity contribution in [2.75, 3.05) is 0 Å². The maximum atomic E-state index is 11.0. The van der Waals surface area contributed by atoms with E-state index in [4.69, 9.17) is 4.55 Å². The molecule has 0 aliphatic rings. The van der Waals surface area contributed by atoms with Gasteiger partial charge in [-0.2, -0.15) is 8.42 Å². The Morgan fingerprint density at radius 2 is 1.04 bits per heavy atom. The molecule has 0 aliphatic carbocycles. The quantitative estimate of drug-likeness (QED) is 0.268. The molecule has 0 aliphatic heterocycles. The first-order valence-electron chi connectivity index (χ1n) is 9.65. The van der Waals surface area contributed by atoms with Crippen molar-refractivity contribution in [2.45, 2.75) is 110 Å². The van der Waals surface area contributed by atoms with Gasteiger partial charge in [0.2, 0.25) is 0 Å². The summed E-state index contributed by atoms with van der Waals surface area (Å²) in [6, 6.07) is 0. The van der Waals surface area contributed by atoms with Crippen molar-refractivity contribution >= 4 is 16.4 Å². The third-order valence-corrected chi connectivity index (χ3v) is 4.58. The van der Waals surface area contributed by atoms with E-state index in [1.165, 1.54) is 70.6 Å². The van der Waals surface area contributed by atoms with Gasteiger partial charge in [-0.05, 0) is 6.42 Å². The Balaban J connectivity index is 3.16. The predicted octanol–water partition coefficient (Wildman–Crippen LogP) is 5.59. The molecule has 0 aromatic carbocycles. The number of carbonyl (C=O) groups is 1. The van der Waals surface area contributed by atoms with Crippen LogP contribution in [0.4, 0.5) is 0 Å². The highest BCUT2D eigenvalue weighted by atomic mass is 32.3. The van der Waals surface area contributed by atoms with Gasteiger partial charge in [0.05, 0.1) is 0 Å². The number of hydrogen-bond acceptors (Lipinski definition) is 4. The van der Waals surface area contributed by atoms with Gasteiger partial charge in [0.15, 0.2) is 0 Å². The van der Waals surface area contributed by atoms with Crippen LogP contribution in [0.25, 0.3) is 0 Å². The van der Waals surface area contributed by atoms with Gasteiger partial charge in [-0.1, -0.05) is 96.8 Å². The molecule has 0 amide bonds. The average Bonchev–Trinajstić information content (AvgIpc) is 2.49. The molecule has 6 heteroatoms. The van der Waals surface area contributed by atoms with Crippen molar-refractivity contribution in [3.05, 3.63) is 0 Å². The lowest BCUT2D eigenvalue weighted by molar-refractivity contribution is -0.134. The van der Waals surface area contributed by atoms with Crippen molar-refractivity contribution in [2.24, 2.45) is 0 Å². The van der Waals surface area contributed by atoms with Crippen LogP contribution in [0.2, 0.25) is 0 Å². The Bertz CT molecular complexity index is 392. The Morgan fingerprint density at radius 3 is 1.38 bits per heavy atom. The fourth-order valence-corrected chi connectivity index (χ4v) is 3.12. The van der Waals surface area contributed by atoms with Crippen molar-refractivity contribution in [1.82, 2.24) is 0 Å². The van der Waals surface area contributed by atoms with Gasteiger partial charge in [-0.25, -0.2) is 0 Å². The van der Waals surface area contributed by atoms with E-state index in [9.17, 15) is 13.2 Å². The van der Waals surface area contributed by atoms with Gasteiger partial charge in [0.25, 0.3) is 0 Å². The van der Waals surface area contributed by atoms with E-state index in [1.54, 1.807) is 0 Å². The van der Waals surface area contributed by atoms with Crippen molar-refractivity contribution in [1.29, 1.82) is 0 Å². The van der Waals surface area contributed by atoms with Crippen LogP contribution < -0.4 is 0 Å². The Morgan fingerprint density at radius 1 is 0.708 bits per heavy atom. The molecule has 144 valence electrons. The minimum atomic E-state index is -4.64. The van der Waals surface area contributed by atoms with Gasteiger partial charge < -0.3 is 4.18 Å². The Labute approximate surface area is 148 Å². The monoisotopic (exact) mass is 364 g/mol. The Kier molecular flexibility index (Phi) is 15.5. The SMILES string of the molecule is CCCCCCCCCCCCCCCCCC(=O)OS(=O)(=O)O. The molecule has 5 nitrogen and oxygen atoms in total. The van der Waals surface area contributed by atoms with E-state index in [0.717, 1.165) is 19.3 Å². The zero-order valence-electron chi connectivity index (χ0n) is 15.3. The highest BCUT2D eigenvalue weighted by Gasteiger charge is 2.12. The second-order valence-corrected chi connectivity index (χ2v) is 7.60. The highest BCUT2D eigenvalue weighted by Crippen LogP contribution is 2.13. The zero-order valence-corrected chi connectivity index (χ0v) is 16.1. The van der Waals surface area contributed by atoms with Gasteiger partial charge >= 0.3 is 16.4 Å². The van der Waals surface area contributed by atoms with E-state index in [2.05, 4.69) is 11.1 Å². The van der Waals surface area contributed by atoms with Gasteiger partial charge in [0, 0.05) is 6.42 Å². The van der Waals surface area contributed by atoms with E-state index in [1.807, 2.05) is 0 Å². The summed E-state index contributed by atoms with van der Waals surface area (Å²) in [4.78, 5) is 11.0. The molecule has 0 rings (SSSR count). The Hall–Kier alpha value is -0.620. The van der Waals surface area contributed by atoms with Crippen molar-refractivity contribution in [3.8, 4) is 0 Å². The summed E-state index contributed by atoms with van der Waals surface area (Å²) in [5, 5.41) is 0. The summed E-state index contributed by atoms with van der Waals surface area (Å²) in [7, 11) is -4.64. The highest BCUT2D eigenvalue weighted by molar-refractivity contribution is 7.81. The van der Waals surface area contributed by atoms with E-state index < -0.39 is 16.4 Å². The van der Waals surface area contributed by atoms with E-state index >= 15 is 0 Å². The maximum absolute atomic E-state index is 11.0. The molecule has 0 atom stereocenters. The maximum Gasteiger partial charge on any atom is 0.448 e. The van der Waals surface area contributed by atoms with Crippen molar-refractivity contribution < 1.29 is 21.9 Å². The molecule has 0 unspecified atom stereocenters. The van der Waals surface area contributed by atoms with E-state index in [-0.39, 0.29) is 6.42 Å². The van der Waals surface area contributed by atoms with Gasteiger partial charge in [-0.3, -0.25) is 9.35 Å². The van der Waals surface area contributed by atoms with Crippen LogP contribution in [0.5, 0.6) is 0 Å². The third kappa shape index (κ3) is 19.4. The lowest BCUT2D eigenvalue weighted by Crippen LogP contribution is -2.11. The number of carbonyl (C=O) groups excluding carboxylic acids is 1. The minimum Gasteiger partial charge on any atom is -0.325 e. The largest absolute Gasteiger partial charge is 0.448 e. The molecule has 24 heavy (non-hydrogen) atoms. The lowest BCUT2D eigenvalue weighted by Gasteiger charge is -2.03. The zero-order chi connectivity index (χ0) is 18.1. The van der Waals surface area contributed by atoms with Crippen LogP contribution in [0.15, 0.2) is 0 Å². The van der Waals surface area contributed by atoms with Crippen LogP contribution >= 0.6 is 0 Å². The molecule has 0 aromatic heterocycles. The first-order chi connectivity index (χ1) is 11.5. The molecule has 0 aromatic rings. The molecule has 0 heterocycles. The smallest absolute Gasteiger partial charge is 0.325 e. The molecular formula is C18H36O5S. The normalized spacial score (nSPS) is 11.6. The van der Waals surface area contributed by atoms with Crippen LogP contribution in [0.3, 0.4) is 0 Å². The first-order valence-corrected chi connectivity index (χ1v) is 11.0. The molecular weight excluding hydrogens is 328 g/mol. The lowest BCUT2D eigenvalue weighted by atomic mass is 10.0. The van der Waals surface area contributed by atoms with E-state index in [0.29, 0.717) is 6.42 Å². The fourth-order valence-electron chi connectivity index (χ4n) is 2.80. The molecule has 0 saturated carbocycles. The van der Waals surface area contributed by atoms with Gasteiger partial charge in [0.1, 0.15) is 0 Å². The summed E-state index contributed by atoms with van der Waals surface area (Å²) in [6.07, 6.45) is 18.5. The number of hydrogen-bond donors (Lipinski definition) is 1. The number of unbranched alkanes of at least 4 members (excludes halogenated alkanes) is 14. The van der Waals surface area contributed by atoms with Crippen LogP contribution in [-0.4, -0.2) is 18.9 Å². The average molecular weight is 365 g/mol. The second kappa shape index (κ2) is 15.9. The summed E-state index contributed by atoms with van der Waals surface area (Å²) < 4.78 is 32.8. The topological polar surface area (TPSA) is 80.7 Å². The van der Waals surface area contributed by atoms with Crippen LogP contribution in [0.1, 0.15) is 110 Å². The third-order valence-electron chi connectivity index (χ3n) is 4.18. The molecule has 0 radical (unpaired) electrons. The molecule has 0 saturated heterocycles. The molecule has 0 spiro atoms. The summed E-state index contributed by atoms with van der Waals surface area (Å²) in [5.74, 6) is -0.882. The molecule has 0 fully saturated rings. The van der Waals surface area contributed by atoms with Crippen LogP contribution in [0, 0.1) is 0 Å². The minimum absolute atomic E-state index is 0.0397. The number of rotatable bonds is 17. The first kappa shape index (κ1) is 23.4.